The van der Waals surface area contributed by atoms with E-state index >= 15 is 0 Å². The van der Waals surface area contributed by atoms with E-state index in [2.05, 4.69) is 15.6 Å². The van der Waals surface area contributed by atoms with Crippen molar-refractivity contribution in [1.82, 2.24) is 15.6 Å². The van der Waals surface area contributed by atoms with Crippen molar-refractivity contribution in [2.75, 3.05) is 6.54 Å². The highest BCUT2D eigenvalue weighted by atomic mass is 32.1. The molecule has 0 aliphatic carbocycles. The van der Waals surface area contributed by atoms with Crippen LogP contribution in [-0.4, -0.2) is 88.5 Å². The van der Waals surface area contributed by atoms with Crippen molar-refractivity contribution >= 4 is 40.9 Å². The van der Waals surface area contributed by atoms with Crippen LogP contribution in [0, 0.1) is 35.0 Å². The average Bonchev–Trinajstić information content (AvgIpc) is 3.78. The molecular formula is C41H57N3O10S. The van der Waals surface area contributed by atoms with Crippen LogP contribution in [0.25, 0.3) is 10.4 Å². The molecule has 13 nitrogen and oxygen atoms in total. The standard InChI is InChI=1S/C41H57N3O10S/c1-21-15-23(3)51-38(33(21)47)53-36-25(5)34(48)26(6)37(49)52-30(12-13-43-31(45)17-27-16-28(20-42-19-27)29-11-10-14-55-29)41(9)35(44-39(50)54-41)24(4)32(46)22(2)18-40(36,7)8/h10-11,14,16,19-26,30,33,35-36,38,47H,12-13,15,17-18H2,1-9H3,(H,43,45)(H,44,50)/t21?,22-,23?,24+,25+,26-,30-,33?,35-,36-,38?,41-/m1/s1. The number of pyridine rings is 1. The van der Waals surface area contributed by atoms with E-state index in [1.165, 1.54) is 6.92 Å². The van der Waals surface area contributed by atoms with Crippen molar-refractivity contribution in [3.8, 4) is 10.4 Å². The molecule has 3 aliphatic heterocycles. The molecule has 3 N–H and O–H groups in total. The van der Waals surface area contributed by atoms with Gasteiger partial charge in [-0.2, -0.15) is 0 Å². The summed E-state index contributed by atoms with van der Waals surface area (Å²) < 4.78 is 24.5. The number of nitrogens with one attached hydrogen (secondary N) is 2. The molecule has 5 heterocycles. The molecule has 12 atom stereocenters. The van der Waals surface area contributed by atoms with E-state index in [4.69, 9.17) is 18.9 Å². The first-order chi connectivity index (χ1) is 25.8. The van der Waals surface area contributed by atoms with Crippen molar-refractivity contribution in [3.63, 3.8) is 0 Å². The van der Waals surface area contributed by atoms with E-state index in [9.17, 15) is 29.1 Å². The van der Waals surface area contributed by atoms with Crippen molar-refractivity contribution in [2.45, 2.75) is 130 Å². The Morgan fingerprint density at radius 1 is 1.05 bits per heavy atom. The van der Waals surface area contributed by atoms with Crippen molar-refractivity contribution in [3.05, 3.63) is 41.5 Å². The van der Waals surface area contributed by atoms with Gasteiger partial charge in [0.2, 0.25) is 5.91 Å². The van der Waals surface area contributed by atoms with Gasteiger partial charge in [-0.15, -0.1) is 11.3 Å². The fraction of sp³-hybridized carbons (Fsp3) is 0.659. The summed E-state index contributed by atoms with van der Waals surface area (Å²) in [5, 5.41) is 18.7. The number of esters is 1. The summed E-state index contributed by atoms with van der Waals surface area (Å²) in [5.41, 5.74) is -0.711. The second-order valence-corrected chi connectivity index (χ2v) is 17.7. The van der Waals surface area contributed by atoms with Gasteiger partial charge in [0.05, 0.1) is 24.7 Å². The Bertz CT molecular complexity index is 1720. The van der Waals surface area contributed by atoms with E-state index in [0.29, 0.717) is 12.8 Å². The molecule has 2 aromatic rings. The molecule has 302 valence electrons. The Balaban J connectivity index is 1.40. The predicted octanol–water partition coefficient (Wildman–Crippen LogP) is 5.27. The minimum atomic E-state index is -1.52. The number of aliphatic hydroxyl groups is 1. The number of nitrogens with zero attached hydrogens (tertiary/aromatic N) is 1. The number of hydrogen-bond acceptors (Lipinski definition) is 12. The zero-order valence-corrected chi connectivity index (χ0v) is 34.1. The molecule has 5 rings (SSSR count). The molecule has 0 saturated carbocycles. The Morgan fingerprint density at radius 3 is 2.47 bits per heavy atom. The summed E-state index contributed by atoms with van der Waals surface area (Å²) in [6.45, 7) is 15.9. The number of carbonyl (C=O) groups excluding carboxylic acids is 5. The summed E-state index contributed by atoms with van der Waals surface area (Å²) in [6.07, 6.45) is -0.535. The Labute approximate surface area is 327 Å². The van der Waals surface area contributed by atoms with Crippen LogP contribution < -0.4 is 10.6 Å². The van der Waals surface area contributed by atoms with E-state index in [1.54, 1.807) is 44.5 Å². The third-order valence-electron chi connectivity index (χ3n) is 11.7. The maximum absolute atomic E-state index is 14.2. The number of alkyl carbamates (subject to hydrolysis) is 1. The van der Waals surface area contributed by atoms with Crippen LogP contribution in [0.2, 0.25) is 0 Å². The quantitative estimate of drug-likeness (QED) is 0.235. The summed E-state index contributed by atoms with van der Waals surface area (Å²) in [4.78, 5) is 73.8. The number of ether oxygens (including phenoxy) is 4. The van der Waals surface area contributed by atoms with Crippen LogP contribution in [0.15, 0.2) is 36.0 Å². The van der Waals surface area contributed by atoms with Gasteiger partial charge in [0.25, 0.3) is 0 Å². The van der Waals surface area contributed by atoms with E-state index in [0.717, 1.165) is 16.0 Å². The van der Waals surface area contributed by atoms with Gasteiger partial charge in [0, 0.05) is 53.6 Å². The van der Waals surface area contributed by atoms with E-state index < -0.39 is 83.2 Å². The maximum Gasteiger partial charge on any atom is 0.408 e. The molecule has 0 spiro atoms. The lowest BCUT2D eigenvalue weighted by Gasteiger charge is -2.45. The molecule has 0 aromatic carbocycles. The number of thiophene rings is 1. The van der Waals surface area contributed by atoms with E-state index in [-0.39, 0.29) is 43.1 Å². The molecule has 0 radical (unpaired) electrons. The topological polar surface area (TPSA) is 179 Å². The second kappa shape index (κ2) is 17.2. The first-order valence-electron chi connectivity index (χ1n) is 19.3. The lowest BCUT2D eigenvalue weighted by molar-refractivity contribution is -0.284. The van der Waals surface area contributed by atoms with Crippen LogP contribution >= 0.6 is 11.3 Å². The molecule has 3 fully saturated rings. The lowest BCUT2D eigenvalue weighted by Crippen LogP contribution is -2.58. The van der Waals surface area contributed by atoms with Crippen molar-refractivity contribution < 1.29 is 48.0 Å². The van der Waals surface area contributed by atoms with Gasteiger partial charge in [-0.1, -0.05) is 47.6 Å². The Morgan fingerprint density at radius 2 is 1.78 bits per heavy atom. The number of Topliss-reactive ketones (excluding diaryl/α,β-unsaturated/α-hetero) is 2. The minimum Gasteiger partial charge on any atom is -0.457 e. The number of amides is 2. The Kier molecular flexibility index (Phi) is 13.3. The zero-order chi connectivity index (χ0) is 40.4. The third-order valence-corrected chi connectivity index (χ3v) is 12.6. The summed E-state index contributed by atoms with van der Waals surface area (Å²) in [7, 11) is 0. The smallest absolute Gasteiger partial charge is 0.408 e. The van der Waals surface area contributed by atoms with Crippen molar-refractivity contribution in [2.24, 2.45) is 35.0 Å². The zero-order valence-electron chi connectivity index (χ0n) is 33.3. The number of hydrogen-bond donors (Lipinski definition) is 3. The molecule has 3 aliphatic rings. The third kappa shape index (κ3) is 9.46. The summed E-state index contributed by atoms with van der Waals surface area (Å²) in [6, 6.07) is 4.94. The van der Waals surface area contributed by atoms with Crippen LogP contribution in [0.5, 0.6) is 0 Å². The van der Waals surface area contributed by atoms with Gasteiger partial charge in [-0.05, 0) is 68.0 Å². The first-order valence-corrected chi connectivity index (χ1v) is 20.2. The minimum absolute atomic E-state index is 0.0197. The summed E-state index contributed by atoms with van der Waals surface area (Å²) >= 11 is 1.57. The van der Waals surface area contributed by atoms with Crippen LogP contribution in [0.4, 0.5) is 4.79 Å². The molecule has 55 heavy (non-hydrogen) atoms. The predicted molar refractivity (Wildman–Crippen MR) is 205 cm³/mol. The number of aromatic nitrogens is 1. The molecular weight excluding hydrogens is 727 g/mol. The number of cyclic esters (lactones) is 1. The largest absolute Gasteiger partial charge is 0.457 e. The van der Waals surface area contributed by atoms with Crippen LogP contribution in [0.1, 0.15) is 87.1 Å². The number of ketones is 2. The number of carbonyl (C=O) groups is 5. The van der Waals surface area contributed by atoms with Gasteiger partial charge < -0.3 is 34.7 Å². The molecule has 14 heteroatoms. The first kappa shape index (κ1) is 42.4. The average molecular weight is 784 g/mol. The van der Waals surface area contributed by atoms with Gasteiger partial charge >= 0.3 is 12.1 Å². The molecule has 2 amide bonds. The van der Waals surface area contributed by atoms with Crippen LogP contribution in [-0.2, 0) is 44.5 Å². The fourth-order valence-electron chi connectivity index (χ4n) is 8.72. The lowest BCUT2D eigenvalue weighted by atomic mass is 9.69. The van der Waals surface area contributed by atoms with Crippen molar-refractivity contribution in [1.29, 1.82) is 0 Å². The molecule has 2 aromatic heterocycles. The van der Waals surface area contributed by atoms with Crippen LogP contribution in [0.3, 0.4) is 0 Å². The normalized spacial score (nSPS) is 35.9. The van der Waals surface area contributed by atoms with Gasteiger partial charge in [0.15, 0.2) is 17.7 Å². The fourth-order valence-corrected chi connectivity index (χ4v) is 9.43. The summed E-state index contributed by atoms with van der Waals surface area (Å²) in [5.74, 6) is -5.31. The highest BCUT2D eigenvalue weighted by Crippen LogP contribution is 2.42. The SMILES string of the molecule is CC1CC(C)C(O)C(O[C@@H]2[C@@H](C)C(=O)[C@@H](C)C(=O)O[C@H](CCNC(=O)Cc3cncc(-c4cccs4)c3)[C@@]3(C)OC(=O)N[C@@H]3[C@@H](C)C(=O)[C@H](C)CC2(C)C)O1. The molecule has 4 unspecified atom stereocenters. The van der Waals surface area contributed by atoms with Gasteiger partial charge in [-0.25, -0.2) is 4.79 Å². The van der Waals surface area contributed by atoms with E-state index in [1.807, 2.05) is 58.2 Å². The maximum atomic E-state index is 14.2. The second-order valence-electron chi connectivity index (χ2n) is 16.8. The highest BCUT2D eigenvalue weighted by Gasteiger charge is 2.57. The number of fused-ring (bicyclic) bond motifs is 1. The highest BCUT2D eigenvalue weighted by molar-refractivity contribution is 7.13. The van der Waals surface area contributed by atoms with Gasteiger partial charge in [0.1, 0.15) is 23.9 Å². The molecule has 0 bridgehead atoms. The number of rotatable bonds is 8. The van der Waals surface area contributed by atoms with Gasteiger partial charge in [-0.3, -0.25) is 24.2 Å². The number of aliphatic hydroxyl groups excluding tert-OH is 1. The monoisotopic (exact) mass is 783 g/mol. The Hall–Kier alpha value is -3.72. The molecule has 3 saturated heterocycles.